The smallest absolute Gasteiger partial charge is 0.383 e. The highest BCUT2D eigenvalue weighted by Crippen LogP contribution is 2.36. The first-order valence-corrected chi connectivity index (χ1v) is 6.84. The maximum atomic E-state index is 13.2. The van der Waals surface area contributed by atoms with Gasteiger partial charge in [0.25, 0.3) is 5.91 Å². The quantitative estimate of drug-likeness (QED) is 0.670. The van der Waals surface area contributed by atoms with E-state index in [1.54, 1.807) is 13.0 Å². The minimum absolute atomic E-state index is 0.00571. The van der Waals surface area contributed by atoms with E-state index in [4.69, 9.17) is 5.73 Å². The summed E-state index contributed by atoms with van der Waals surface area (Å²) >= 11 is 0. The molecular weight excluding hydrogens is 323 g/mol. The molecule has 0 fully saturated rings. The van der Waals surface area contributed by atoms with Crippen LogP contribution in [0, 0.1) is 6.92 Å². The predicted octanol–water partition coefficient (Wildman–Crippen LogP) is 3.12. The highest BCUT2D eigenvalue weighted by Gasteiger charge is 2.33. The van der Waals surface area contributed by atoms with Gasteiger partial charge in [0, 0.05) is 17.3 Å². The van der Waals surface area contributed by atoms with Gasteiger partial charge in [-0.15, -0.1) is 0 Å². The Morgan fingerprint density at radius 3 is 2.75 bits per heavy atom. The van der Waals surface area contributed by atoms with E-state index in [-0.39, 0.29) is 28.0 Å². The van der Waals surface area contributed by atoms with E-state index in [9.17, 15) is 18.0 Å². The zero-order valence-corrected chi connectivity index (χ0v) is 12.4. The molecule has 124 valence electrons. The lowest BCUT2D eigenvalue weighted by atomic mass is 10.1. The van der Waals surface area contributed by atoms with Gasteiger partial charge in [0.15, 0.2) is 0 Å². The second kappa shape index (κ2) is 5.52. The SMILES string of the molecule is Cc1ccnc(N)c1C(=O)Nc1cc(C(F)(F)F)c2cn[nH]c2c1. The van der Waals surface area contributed by atoms with Crippen LogP contribution < -0.4 is 11.1 Å². The highest BCUT2D eigenvalue weighted by atomic mass is 19.4. The Labute approximate surface area is 133 Å². The number of rotatable bonds is 2. The molecule has 2 aromatic heterocycles. The second-order valence-electron chi connectivity index (χ2n) is 5.20. The van der Waals surface area contributed by atoms with Crippen LogP contribution in [0.5, 0.6) is 0 Å². The third-order valence-corrected chi connectivity index (χ3v) is 3.54. The van der Waals surface area contributed by atoms with Crippen LogP contribution in [0.1, 0.15) is 21.5 Å². The molecule has 3 aromatic rings. The van der Waals surface area contributed by atoms with Gasteiger partial charge < -0.3 is 11.1 Å². The monoisotopic (exact) mass is 335 g/mol. The first kappa shape index (κ1) is 15.8. The molecule has 0 aliphatic heterocycles. The summed E-state index contributed by atoms with van der Waals surface area (Å²) in [6.07, 6.45) is -2.04. The number of aromatic amines is 1. The number of benzene rings is 1. The molecule has 0 aliphatic rings. The molecule has 0 unspecified atom stereocenters. The number of amides is 1. The molecule has 2 heterocycles. The van der Waals surface area contributed by atoms with E-state index in [0.29, 0.717) is 5.56 Å². The summed E-state index contributed by atoms with van der Waals surface area (Å²) in [6, 6.07) is 3.82. The zero-order valence-electron chi connectivity index (χ0n) is 12.4. The first-order valence-electron chi connectivity index (χ1n) is 6.84. The number of aryl methyl sites for hydroxylation is 1. The number of carbonyl (C=O) groups is 1. The maximum absolute atomic E-state index is 13.2. The van der Waals surface area contributed by atoms with Gasteiger partial charge in [-0.2, -0.15) is 18.3 Å². The number of halogens is 3. The standard InChI is InChI=1S/C15H12F3N5O/c1-7-2-3-20-13(19)12(7)14(24)22-8-4-10(15(16,17)18)9-6-21-23-11(9)5-8/h2-6H,1H3,(H2,19,20)(H,21,23)(H,22,24). The number of nitrogens with two attached hydrogens (primary N) is 1. The van der Waals surface area contributed by atoms with E-state index in [0.717, 1.165) is 12.3 Å². The molecular formula is C15H12F3N5O. The van der Waals surface area contributed by atoms with Crippen molar-refractivity contribution in [3.05, 3.63) is 47.3 Å². The van der Waals surface area contributed by atoms with Crippen LogP contribution in [0.15, 0.2) is 30.6 Å². The predicted molar refractivity (Wildman–Crippen MR) is 82.4 cm³/mol. The van der Waals surface area contributed by atoms with Crippen molar-refractivity contribution in [1.82, 2.24) is 15.2 Å². The first-order chi connectivity index (χ1) is 11.3. The van der Waals surface area contributed by atoms with Gasteiger partial charge in [0.1, 0.15) is 5.82 Å². The van der Waals surface area contributed by atoms with Gasteiger partial charge in [0.05, 0.1) is 22.8 Å². The lowest BCUT2D eigenvalue weighted by Gasteiger charge is -2.13. The Balaban J connectivity index is 2.03. The number of anilines is 2. The van der Waals surface area contributed by atoms with Crippen LogP contribution in [0.4, 0.5) is 24.7 Å². The van der Waals surface area contributed by atoms with Crippen molar-refractivity contribution < 1.29 is 18.0 Å². The number of nitrogens with one attached hydrogen (secondary N) is 2. The van der Waals surface area contributed by atoms with Crippen LogP contribution in [0.2, 0.25) is 0 Å². The summed E-state index contributed by atoms with van der Waals surface area (Å²) < 4.78 is 39.5. The van der Waals surface area contributed by atoms with Crippen molar-refractivity contribution in [2.75, 3.05) is 11.1 Å². The minimum atomic E-state index is -4.58. The summed E-state index contributed by atoms with van der Waals surface area (Å²) in [7, 11) is 0. The van der Waals surface area contributed by atoms with Gasteiger partial charge in [-0.25, -0.2) is 4.98 Å². The zero-order chi connectivity index (χ0) is 17.5. The number of hydrogen-bond donors (Lipinski definition) is 3. The largest absolute Gasteiger partial charge is 0.417 e. The van der Waals surface area contributed by atoms with Crippen LogP contribution in [0.25, 0.3) is 10.9 Å². The number of nitrogens with zero attached hydrogens (tertiary/aromatic N) is 2. The summed E-state index contributed by atoms with van der Waals surface area (Å²) in [5, 5.41) is 8.44. The van der Waals surface area contributed by atoms with Crippen molar-refractivity contribution in [2.24, 2.45) is 0 Å². The molecule has 1 amide bonds. The summed E-state index contributed by atoms with van der Waals surface area (Å²) in [5.41, 5.74) is 5.62. The van der Waals surface area contributed by atoms with Gasteiger partial charge in [-0.3, -0.25) is 9.89 Å². The van der Waals surface area contributed by atoms with E-state index in [1.807, 2.05) is 0 Å². The van der Waals surface area contributed by atoms with Crippen molar-refractivity contribution in [3.63, 3.8) is 0 Å². The normalized spacial score (nSPS) is 11.7. The molecule has 0 aliphatic carbocycles. The van der Waals surface area contributed by atoms with Gasteiger partial charge in [-0.1, -0.05) is 0 Å². The average molecular weight is 335 g/mol. The Kier molecular flexibility index (Phi) is 3.63. The number of H-pyrrole nitrogens is 1. The van der Waals surface area contributed by atoms with E-state index >= 15 is 0 Å². The van der Waals surface area contributed by atoms with Gasteiger partial charge in [0.2, 0.25) is 0 Å². The minimum Gasteiger partial charge on any atom is -0.383 e. The molecule has 9 heteroatoms. The molecule has 0 atom stereocenters. The molecule has 1 aromatic carbocycles. The number of pyridine rings is 1. The number of nitrogen functional groups attached to an aromatic ring is 1. The lowest BCUT2D eigenvalue weighted by molar-refractivity contribution is -0.136. The molecule has 0 saturated heterocycles. The van der Waals surface area contributed by atoms with Crippen LogP contribution in [-0.2, 0) is 6.18 Å². The lowest BCUT2D eigenvalue weighted by Crippen LogP contribution is -2.17. The molecule has 6 nitrogen and oxygen atoms in total. The Morgan fingerprint density at radius 2 is 2.08 bits per heavy atom. The van der Waals surface area contributed by atoms with E-state index < -0.39 is 17.6 Å². The second-order valence-corrected chi connectivity index (χ2v) is 5.20. The van der Waals surface area contributed by atoms with Crippen LogP contribution >= 0.6 is 0 Å². The highest BCUT2D eigenvalue weighted by molar-refractivity contribution is 6.08. The Morgan fingerprint density at radius 1 is 1.33 bits per heavy atom. The average Bonchev–Trinajstić information content (AvgIpc) is 2.93. The fourth-order valence-electron chi connectivity index (χ4n) is 2.43. The van der Waals surface area contributed by atoms with Gasteiger partial charge in [-0.05, 0) is 30.7 Å². The molecule has 3 rings (SSSR count). The molecule has 24 heavy (non-hydrogen) atoms. The number of hydrogen-bond acceptors (Lipinski definition) is 4. The van der Waals surface area contributed by atoms with Crippen molar-refractivity contribution >= 4 is 28.3 Å². The van der Waals surface area contributed by atoms with Crippen LogP contribution in [0.3, 0.4) is 0 Å². The summed E-state index contributed by atoms with van der Waals surface area (Å²) in [5.74, 6) is -0.628. The van der Waals surface area contributed by atoms with E-state index in [1.165, 1.54) is 12.3 Å². The molecule has 0 bridgehead atoms. The number of aromatic nitrogens is 3. The Hall–Kier alpha value is -3.10. The molecule has 0 spiro atoms. The summed E-state index contributed by atoms with van der Waals surface area (Å²) in [6.45, 7) is 1.66. The number of carbonyl (C=O) groups excluding carboxylic acids is 1. The number of fused-ring (bicyclic) bond motifs is 1. The van der Waals surface area contributed by atoms with Crippen molar-refractivity contribution in [1.29, 1.82) is 0 Å². The third kappa shape index (κ3) is 2.75. The van der Waals surface area contributed by atoms with E-state index in [2.05, 4.69) is 20.5 Å². The third-order valence-electron chi connectivity index (χ3n) is 3.54. The summed E-state index contributed by atoms with van der Waals surface area (Å²) in [4.78, 5) is 16.2. The fourth-order valence-corrected chi connectivity index (χ4v) is 2.43. The fraction of sp³-hybridized carbons (Fsp3) is 0.133. The molecule has 0 saturated carbocycles. The maximum Gasteiger partial charge on any atom is 0.417 e. The van der Waals surface area contributed by atoms with Crippen molar-refractivity contribution in [3.8, 4) is 0 Å². The Bertz CT molecular complexity index is 912. The number of alkyl halides is 3. The van der Waals surface area contributed by atoms with Crippen molar-refractivity contribution in [2.45, 2.75) is 13.1 Å². The molecule has 0 radical (unpaired) electrons. The van der Waals surface area contributed by atoms with Crippen LogP contribution in [-0.4, -0.2) is 21.1 Å². The molecule has 4 N–H and O–H groups in total. The topological polar surface area (TPSA) is 96.7 Å². The van der Waals surface area contributed by atoms with Gasteiger partial charge >= 0.3 is 6.18 Å².